The van der Waals surface area contributed by atoms with Gasteiger partial charge < -0.3 is 19.7 Å². The van der Waals surface area contributed by atoms with Crippen LogP contribution in [-0.2, 0) is 19.1 Å². The third-order valence-corrected chi connectivity index (χ3v) is 5.89. The monoisotopic (exact) mass is 364 g/mol. The van der Waals surface area contributed by atoms with Gasteiger partial charge in [-0.05, 0) is 12.0 Å². The highest BCUT2D eigenvalue weighted by molar-refractivity contribution is 5.91. The molecule has 0 aromatic carbocycles. The van der Waals surface area contributed by atoms with E-state index in [1.165, 1.54) is 0 Å². The topological polar surface area (TPSA) is 93.1 Å². The number of hydrogen-bond acceptors (Lipinski definition) is 6. The van der Waals surface area contributed by atoms with Crippen molar-refractivity contribution >= 4 is 11.9 Å². The number of ether oxygens (including phenoxy) is 2. The number of aliphatic hydroxyl groups excluding tert-OH is 2. The summed E-state index contributed by atoms with van der Waals surface area (Å²) in [5.74, 6) is -2.77. The molecule has 0 unspecified atom stereocenters. The minimum absolute atomic E-state index is 0.133. The quantitative estimate of drug-likeness (QED) is 0.424. The Morgan fingerprint density at radius 1 is 1.50 bits per heavy atom. The van der Waals surface area contributed by atoms with Crippen LogP contribution in [0.5, 0.6) is 0 Å². The highest BCUT2D eigenvalue weighted by Gasteiger charge is 2.63. The van der Waals surface area contributed by atoms with Crippen LogP contribution in [0, 0.1) is 23.2 Å². The van der Waals surface area contributed by atoms with E-state index in [1.807, 2.05) is 6.92 Å². The summed E-state index contributed by atoms with van der Waals surface area (Å²) in [5.41, 5.74) is -0.474. The summed E-state index contributed by atoms with van der Waals surface area (Å²) in [6, 6.07) is 0. The molecule has 0 aromatic heterocycles. The molecule has 1 aliphatic carbocycles. The van der Waals surface area contributed by atoms with E-state index in [9.17, 15) is 19.8 Å². The first-order chi connectivity index (χ1) is 12.1. The molecule has 0 aromatic rings. The second-order valence-electron chi connectivity index (χ2n) is 7.44. The van der Waals surface area contributed by atoms with Crippen molar-refractivity contribution in [1.29, 1.82) is 0 Å². The lowest BCUT2D eigenvalue weighted by Crippen LogP contribution is -2.61. The predicted octanol–water partition coefficient (Wildman–Crippen LogP) is 1.77. The van der Waals surface area contributed by atoms with E-state index in [4.69, 9.17) is 9.47 Å². The van der Waals surface area contributed by atoms with E-state index in [-0.39, 0.29) is 18.1 Å². The standard InChI is InChI=1S/C20H28O6/c1-7-10(3)18(23)26-17-16-13(12(5)19(24)25-16)15(22)14(11(4)9-21)20(17,6)8-2/h8,10,13-17,21-22H,2,4-5,7,9H2,1,3,6H3/t10-,13+,14-,15+,16-,17+,20+/m1/s1. The summed E-state index contributed by atoms with van der Waals surface area (Å²) in [7, 11) is 0. The molecule has 2 N–H and O–H groups in total. The molecule has 6 heteroatoms. The Labute approximate surface area is 154 Å². The van der Waals surface area contributed by atoms with Gasteiger partial charge in [-0.1, -0.05) is 40.0 Å². The smallest absolute Gasteiger partial charge is 0.334 e. The van der Waals surface area contributed by atoms with E-state index >= 15 is 0 Å². The fourth-order valence-electron chi connectivity index (χ4n) is 3.99. The highest BCUT2D eigenvalue weighted by atomic mass is 16.6. The first kappa shape index (κ1) is 20.4. The average Bonchev–Trinajstić information content (AvgIpc) is 2.92. The van der Waals surface area contributed by atoms with Crippen molar-refractivity contribution in [2.24, 2.45) is 23.2 Å². The Balaban J connectivity index is 2.54. The van der Waals surface area contributed by atoms with Crippen LogP contribution in [-0.4, -0.2) is 47.1 Å². The van der Waals surface area contributed by atoms with Gasteiger partial charge in [0.1, 0.15) is 12.2 Å². The zero-order valence-electron chi connectivity index (χ0n) is 15.6. The summed E-state index contributed by atoms with van der Waals surface area (Å²) >= 11 is 0. The fraction of sp³-hybridized carbons (Fsp3) is 0.600. The molecule has 26 heavy (non-hydrogen) atoms. The largest absolute Gasteiger partial charge is 0.457 e. The van der Waals surface area contributed by atoms with Crippen LogP contribution < -0.4 is 0 Å². The molecule has 0 amide bonds. The molecule has 2 aliphatic rings. The van der Waals surface area contributed by atoms with Gasteiger partial charge in [0, 0.05) is 16.9 Å². The second-order valence-corrected chi connectivity index (χ2v) is 7.44. The van der Waals surface area contributed by atoms with Crippen molar-refractivity contribution in [2.45, 2.75) is 45.5 Å². The maximum Gasteiger partial charge on any atom is 0.334 e. The molecule has 0 spiro atoms. The molecule has 144 valence electrons. The first-order valence-corrected chi connectivity index (χ1v) is 8.84. The van der Waals surface area contributed by atoms with E-state index in [0.29, 0.717) is 12.0 Å². The summed E-state index contributed by atoms with van der Waals surface area (Å²) in [5, 5.41) is 20.6. The Morgan fingerprint density at radius 2 is 2.12 bits per heavy atom. The van der Waals surface area contributed by atoms with Crippen LogP contribution in [0.2, 0.25) is 0 Å². The van der Waals surface area contributed by atoms with Crippen molar-refractivity contribution in [1.82, 2.24) is 0 Å². The number of carbonyl (C=O) groups excluding carboxylic acids is 2. The minimum atomic E-state index is -1.07. The number of carbonyl (C=O) groups is 2. The molecule has 7 atom stereocenters. The number of fused-ring (bicyclic) bond motifs is 1. The molecule has 2 fully saturated rings. The molecule has 1 aliphatic heterocycles. The zero-order chi connectivity index (χ0) is 19.8. The van der Waals surface area contributed by atoms with Crippen LogP contribution >= 0.6 is 0 Å². The van der Waals surface area contributed by atoms with Crippen molar-refractivity contribution in [2.75, 3.05) is 6.61 Å². The van der Waals surface area contributed by atoms with Crippen molar-refractivity contribution in [3.05, 3.63) is 37.0 Å². The van der Waals surface area contributed by atoms with Gasteiger partial charge in [-0.3, -0.25) is 4.79 Å². The van der Waals surface area contributed by atoms with Gasteiger partial charge in [0.15, 0.2) is 0 Å². The maximum absolute atomic E-state index is 12.5. The SMILES string of the molecule is C=C[C@@]1(C)[C@H](C(=C)CO)[C@@H](O)[C@@H]2C(=C)C(=O)O[C@H]2[C@@H]1OC(=O)[C@H](C)CC. The lowest BCUT2D eigenvalue weighted by molar-refractivity contribution is -0.195. The van der Waals surface area contributed by atoms with E-state index in [0.717, 1.165) is 0 Å². The van der Waals surface area contributed by atoms with Crippen LogP contribution in [0.4, 0.5) is 0 Å². The van der Waals surface area contributed by atoms with Gasteiger partial charge in [-0.25, -0.2) is 4.79 Å². The van der Waals surface area contributed by atoms with Crippen LogP contribution in [0.25, 0.3) is 0 Å². The summed E-state index contributed by atoms with van der Waals surface area (Å²) in [6.45, 7) is 16.5. The molecule has 1 heterocycles. The Hall–Kier alpha value is -1.92. The number of rotatable bonds is 6. The van der Waals surface area contributed by atoms with Gasteiger partial charge in [-0.15, -0.1) is 6.58 Å². The van der Waals surface area contributed by atoms with Crippen molar-refractivity contribution in [3.8, 4) is 0 Å². The van der Waals surface area contributed by atoms with Gasteiger partial charge in [0.2, 0.25) is 0 Å². The van der Waals surface area contributed by atoms with E-state index in [2.05, 4.69) is 19.7 Å². The fourth-order valence-corrected chi connectivity index (χ4v) is 3.99. The number of esters is 2. The highest BCUT2D eigenvalue weighted by Crippen LogP contribution is 2.53. The molecule has 1 saturated heterocycles. The lowest BCUT2D eigenvalue weighted by atomic mass is 9.57. The third kappa shape index (κ3) is 3.01. The summed E-state index contributed by atoms with van der Waals surface area (Å²) in [4.78, 5) is 24.6. The Kier molecular flexibility index (Phi) is 5.78. The van der Waals surface area contributed by atoms with E-state index in [1.54, 1.807) is 19.9 Å². The normalized spacial score (nSPS) is 37.5. The minimum Gasteiger partial charge on any atom is -0.457 e. The van der Waals surface area contributed by atoms with Gasteiger partial charge in [0.25, 0.3) is 0 Å². The van der Waals surface area contributed by atoms with Crippen molar-refractivity contribution < 1.29 is 29.3 Å². The molecule has 2 rings (SSSR count). The summed E-state index contributed by atoms with van der Waals surface area (Å²) < 4.78 is 11.2. The van der Waals surface area contributed by atoms with Crippen LogP contribution in [0.1, 0.15) is 27.2 Å². The third-order valence-electron chi connectivity index (χ3n) is 5.89. The number of aliphatic hydroxyl groups is 2. The molecular weight excluding hydrogens is 336 g/mol. The van der Waals surface area contributed by atoms with Crippen molar-refractivity contribution in [3.63, 3.8) is 0 Å². The van der Waals surface area contributed by atoms with E-state index < -0.39 is 47.5 Å². The molecule has 0 bridgehead atoms. The van der Waals surface area contributed by atoms with Crippen LogP contribution in [0.15, 0.2) is 37.0 Å². The summed E-state index contributed by atoms with van der Waals surface area (Å²) in [6.07, 6.45) is -0.622. The Morgan fingerprint density at radius 3 is 2.62 bits per heavy atom. The molecule has 1 saturated carbocycles. The molecule has 0 radical (unpaired) electrons. The first-order valence-electron chi connectivity index (χ1n) is 8.84. The maximum atomic E-state index is 12.5. The van der Waals surface area contributed by atoms with Crippen LogP contribution in [0.3, 0.4) is 0 Å². The van der Waals surface area contributed by atoms with Gasteiger partial charge in [0.05, 0.1) is 24.5 Å². The average molecular weight is 364 g/mol. The van der Waals surface area contributed by atoms with Gasteiger partial charge >= 0.3 is 11.9 Å². The predicted molar refractivity (Wildman–Crippen MR) is 95.9 cm³/mol. The zero-order valence-corrected chi connectivity index (χ0v) is 15.6. The molecular formula is C20H28O6. The Bertz CT molecular complexity index is 638. The molecule has 6 nitrogen and oxygen atoms in total. The number of hydrogen-bond donors (Lipinski definition) is 2. The second kappa shape index (κ2) is 7.37. The lowest BCUT2D eigenvalue weighted by Gasteiger charge is -2.51. The van der Waals surface area contributed by atoms with Gasteiger partial charge in [-0.2, -0.15) is 0 Å².